The van der Waals surface area contributed by atoms with Crippen LogP contribution in [0, 0.1) is 0 Å². The molecule has 0 unspecified atom stereocenters. The molecule has 88 valence electrons. The van der Waals surface area contributed by atoms with Crippen LogP contribution in [0.1, 0.15) is 0 Å². The minimum Gasteiger partial charge on any atom is -0.321 e. The molecular formula is C14H9ClN2O. The van der Waals surface area contributed by atoms with Crippen LogP contribution >= 0.6 is 11.6 Å². The molecule has 3 aromatic rings. The van der Waals surface area contributed by atoms with Gasteiger partial charge in [0.2, 0.25) is 0 Å². The molecule has 1 aromatic carbocycles. The van der Waals surface area contributed by atoms with Crippen LogP contribution in [0.4, 0.5) is 0 Å². The van der Waals surface area contributed by atoms with Crippen molar-refractivity contribution in [2.24, 2.45) is 0 Å². The van der Waals surface area contributed by atoms with Crippen molar-refractivity contribution in [3.63, 3.8) is 0 Å². The van der Waals surface area contributed by atoms with Crippen LogP contribution in [-0.4, -0.2) is 9.97 Å². The molecule has 3 nitrogen and oxygen atoms in total. The van der Waals surface area contributed by atoms with E-state index in [0.29, 0.717) is 10.5 Å². The van der Waals surface area contributed by atoms with Gasteiger partial charge in [0.1, 0.15) is 5.15 Å². The molecule has 0 fully saturated rings. The smallest absolute Gasteiger partial charge is 0.256 e. The van der Waals surface area contributed by atoms with Gasteiger partial charge in [-0.05, 0) is 29.7 Å². The van der Waals surface area contributed by atoms with E-state index in [9.17, 15) is 4.79 Å². The normalized spacial score (nSPS) is 10.7. The highest BCUT2D eigenvalue weighted by molar-refractivity contribution is 6.29. The van der Waals surface area contributed by atoms with Crippen LogP contribution in [0.2, 0.25) is 5.15 Å². The van der Waals surface area contributed by atoms with Crippen molar-refractivity contribution >= 4 is 22.4 Å². The highest BCUT2D eigenvalue weighted by Gasteiger charge is 2.04. The summed E-state index contributed by atoms with van der Waals surface area (Å²) in [4.78, 5) is 18.7. The van der Waals surface area contributed by atoms with E-state index in [1.165, 1.54) is 0 Å². The molecule has 3 rings (SSSR count). The van der Waals surface area contributed by atoms with Crippen molar-refractivity contribution in [2.45, 2.75) is 0 Å². The first-order valence-electron chi connectivity index (χ1n) is 5.48. The molecule has 18 heavy (non-hydrogen) atoms. The lowest BCUT2D eigenvalue weighted by atomic mass is 10.1. The Balaban J connectivity index is 2.28. The zero-order chi connectivity index (χ0) is 12.5. The molecule has 2 heterocycles. The van der Waals surface area contributed by atoms with E-state index in [-0.39, 0.29) is 5.56 Å². The fourth-order valence-corrected chi connectivity index (χ4v) is 2.11. The number of aromatic nitrogens is 2. The minimum atomic E-state index is -0.101. The van der Waals surface area contributed by atoms with Gasteiger partial charge in [0.15, 0.2) is 0 Å². The van der Waals surface area contributed by atoms with Gasteiger partial charge in [-0.3, -0.25) is 4.79 Å². The summed E-state index contributed by atoms with van der Waals surface area (Å²) < 4.78 is 0. The van der Waals surface area contributed by atoms with Crippen LogP contribution in [0.25, 0.3) is 22.0 Å². The van der Waals surface area contributed by atoms with E-state index >= 15 is 0 Å². The molecule has 0 atom stereocenters. The molecule has 0 aliphatic rings. The number of pyridine rings is 2. The van der Waals surface area contributed by atoms with Crippen LogP contribution in [0.3, 0.4) is 0 Å². The third-order valence-electron chi connectivity index (χ3n) is 2.79. The zero-order valence-corrected chi connectivity index (χ0v) is 10.1. The molecule has 0 bridgehead atoms. The number of H-pyrrole nitrogens is 1. The maximum absolute atomic E-state index is 12.0. The van der Waals surface area contributed by atoms with Gasteiger partial charge in [-0.2, -0.15) is 0 Å². The second-order valence-corrected chi connectivity index (χ2v) is 4.35. The highest BCUT2D eigenvalue weighted by atomic mass is 35.5. The summed E-state index contributed by atoms with van der Waals surface area (Å²) in [6, 6.07) is 12.9. The number of hydrogen-bond acceptors (Lipinski definition) is 2. The topological polar surface area (TPSA) is 45.8 Å². The van der Waals surface area contributed by atoms with Crippen LogP contribution in [0.5, 0.6) is 0 Å². The number of halogens is 1. The second kappa shape index (κ2) is 4.27. The Morgan fingerprint density at radius 3 is 2.78 bits per heavy atom. The molecule has 0 aliphatic carbocycles. The molecule has 0 saturated carbocycles. The predicted molar refractivity (Wildman–Crippen MR) is 72.8 cm³/mol. The van der Waals surface area contributed by atoms with E-state index in [1.807, 2.05) is 30.3 Å². The summed E-state index contributed by atoms with van der Waals surface area (Å²) in [5, 5.41) is 1.99. The monoisotopic (exact) mass is 256 g/mol. The van der Waals surface area contributed by atoms with Crippen molar-refractivity contribution in [1.29, 1.82) is 0 Å². The average Bonchev–Trinajstić information content (AvgIpc) is 2.39. The van der Waals surface area contributed by atoms with E-state index in [4.69, 9.17) is 11.6 Å². The Labute approximate surface area is 108 Å². The summed E-state index contributed by atoms with van der Waals surface area (Å²) in [6.45, 7) is 0. The quantitative estimate of drug-likeness (QED) is 0.680. The molecule has 1 N–H and O–H groups in total. The first-order valence-corrected chi connectivity index (χ1v) is 5.86. The molecule has 0 spiro atoms. The van der Waals surface area contributed by atoms with Crippen molar-refractivity contribution in [2.75, 3.05) is 0 Å². The van der Waals surface area contributed by atoms with Gasteiger partial charge < -0.3 is 4.98 Å². The van der Waals surface area contributed by atoms with Gasteiger partial charge in [0.25, 0.3) is 5.56 Å². The van der Waals surface area contributed by atoms with Crippen LogP contribution in [-0.2, 0) is 0 Å². The highest BCUT2D eigenvalue weighted by Crippen LogP contribution is 2.21. The summed E-state index contributed by atoms with van der Waals surface area (Å²) in [7, 11) is 0. The summed E-state index contributed by atoms with van der Waals surface area (Å²) in [5.41, 5.74) is 1.48. The number of nitrogens with one attached hydrogen (secondary N) is 1. The van der Waals surface area contributed by atoms with Gasteiger partial charge in [0.05, 0.1) is 0 Å². The molecule has 0 aliphatic heterocycles. The Kier molecular flexibility index (Phi) is 2.61. The number of fused-ring (bicyclic) bond motifs is 1. The fraction of sp³-hybridized carbons (Fsp3) is 0. The van der Waals surface area contributed by atoms with Gasteiger partial charge in [-0.15, -0.1) is 0 Å². The Morgan fingerprint density at radius 2 is 1.94 bits per heavy atom. The largest absolute Gasteiger partial charge is 0.321 e. The van der Waals surface area contributed by atoms with Gasteiger partial charge >= 0.3 is 0 Å². The van der Waals surface area contributed by atoms with Gasteiger partial charge in [0, 0.05) is 22.8 Å². The van der Waals surface area contributed by atoms with E-state index in [0.717, 1.165) is 16.6 Å². The summed E-state index contributed by atoms with van der Waals surface area (Å²) in [5.74, 6) is 0. The Morgan fingerprint density at radius 1 is 1.11 bits per heavy atom. The number of benzene rings is 1. The third-order valence-corrected chi connectivity index (χ3v) is 3.00. The fourth-order valence-electron chi connectivity index (χ4n) is 1.94. The zero-order valence-electron chi connectivity index (χ0n) is 9.35. The molecule has 4 heteroatoms. The molecule has 0 radical (unpaired) electrons. The summed E-state index contributed by atoms with van der Waals surface area (Å²) in [6.07, 6.45) is 1.62. The predicted octanol–water partition coefficient (Wildman–Crippen LogP) is 3.24. The first-order chi connectivity index (χ1) is 8.74. The van der Waals surface area contributed by atoms with E-state index in [1.54, 1.807) is 18.3 Å². The van der Waals surface area contributed by atoms with Crippen LogP contribution in [0.15, 0.2) is 53.5 Å². The van der Waals surface area contributed by atoms with E-state index < -0.39 is 0 Å². The summed E-state index contributed by atoms with van der Waals surface area (Å²) >= 11 is 5.85. The van der Waals surface area contributed by atoms with Crippen molar-refractivity contribution in [3.05, 3.63) is 64.2 Å². The lowest BCUT2D eigenvalue weighted by Gasteiger charge is -2.04. The maximum atomic E-state index is 12.0. The molecule has 0 amide bonds. The van der Waals surface area contributed by atoms with E-state index in [2.05, 4.69) is 9.97 Å². The van der Waals surface area contributed by atoms with Gasteiger partial charge in [-0.1, -0.05) is 29.8 Å². The first kappa shape index (κ1) is 11.0. The third kappa shape index (κ3) is 1.89. The van der Waals surface area contributed by atoms with Crippen molar-refractivity contribution in [1.82, 2.24) is 9.97 Å². The Bertz CT molecular complexity index is 780. The van der Waals surface area contributed by atoms with Crippen molar-refractivity contribution < 1.29 is 0 Å². The number of nitrogens with zero attached hydrogens (tertiary/aromatic N) is 1. The second-order valence-electron chi connectivity index (χ2n) is 3.97. The molecule has 2 aromatic heterocycles. The minimum absolute atomic E-state index is 0.101. The SMILES string of the molecule is O=c1[nH]c(-c2ccnc(Cl)c2)cc2ccccc12. The van der Waals surface area contributed by atoms with Crippen molar-refractivity contribution in [3.8, 4) is 11.3 Å². The maximum Gasteiger partial charge on any atom is 0.256 e. The molecule has 0 saturated heterocycles. The van der Waals surface area contributed by atoms with Crippen LogP contribution < -0.4 is 5.56 Å². The number of rotatable bonds is 1. The lowest BCUT2D eigenvalue weighted by Crippen LogP contribution is -2.06. The number of hydrogen-bond donors (Lipinski definition) is 1. The lowest BCUT2D eigenvalue weighted by molar-refractivity contribution is 1.26. The average molecular weight is 257 g/mol. The standard InChI is InChI=1S/C14H9ClN2O/c15-13-8-10(5-6-16-13)12-7-9-3-1-2-4-11(9)14(18)17-12/h1-8H,(H,17,18). The van der Waals surface area contributed by atoms with Gasteiger partial charge in [-0.25, -0.2) is 4.98 Å². The number of aromatic amines is 1. The molecular weight excluding hydrogens is 248 g/mol. The Hall–Kier alpha value is -2.13.